The van der Waals surface area contributed by atoms with Crippen molar-refractivity contribution in [3.05, 3.63) is 57.6 Å². The van der Waals surface area contributed by atoms with E-state index in [9.17, 15) is 8.42 Å². The van der Waals surface area contributed by atoms with Crippen molar-refractivity contribution in [2.45, 2.75) is 18.7 Å². The number of rotatable bonds is 3. The first kappa shape index (κ1) is 18.5. The highest BCUT2D eigenvalue weighted by Gasteiger charge is 2.29. The second-order valence-corrected chi connectivity index (χ2v) is 8.94. The average Bonchev–Trinajstić information content (AvgIpc) is 2.60. The van der Waals surface area contributed by atoms with Crippen LogP contribution in [0.3, 0.4) is 0 Å². The van der Waals surface area contributed by atoms with Crippen LogP contribution in [0, 0.1) is 13.8 Å². The lowest BCUT2D eigenvalue weighted by molar-refractivity contribution is 0.384. The molecule has 0 spiro atoms. The maximum atomic E-state index is 12.8. The molecule has 134 valence electrons. The van der Waals surface area contributed by atoms with Crippen LogP contribution in [0.5, 0.6) is 0 Å². The molecule has 0 aromatic heterocycles. The van der Waals surface area contributed by atoms with Crippen LogP contribution in [0.25, 0.3) is 0 Å². The molecule has 1 aliphatic heterocycles. The van der Waals surface area contributed by atoms with Crippen LogP contribution in [0.2, 0.25) is 10.0 Å². The number of benzene rings is 2. The fourth-order valence-electron chi connectivity index (χ4n) is 3.03. The quantitative estimate of drug-likeness (QED) is 0.780. The zero-order valence-corrected chi connectivity index (χ0v) is 16.5. The molecule has 0 unspecified atom stereocenters. The van der Waals surface area contributed by atoms with Gasteiger partial charge in [0.15, 0.2) is 0 Å². The maximum Gasteiger partial charge on any atom is 0.243 e. The minimum atomic E-state index is -3.56. The van der Waals surface area contributed by atoms with E-state index in [1.807, 2.05) is 6.07 Å². The van der Waals surface area contributed by atoms with Crippen molar-refractivity contribution in [3.63, 3.8) is 0 Å². The van der Waals surface area contributed by atoms with Gasteiger partial charge < -0.3 is 4.90 Å². The lowest BCUT2D eigenvalue weighted by atomic mass is 10.1. The molecule has 0 N–H and O–H groups in total. The number of hydrogen-bond donors (Lipinski definition) is 0. The number of anilines is 1. The topological polar surface area (TPSA) is 40.6 Å². The van der Waals surface area contributed by atoms with Crippen molar-refractivity contribution in [2.24, 2.45) is 0 Å². The number of nitrogens with zero attached hydrogens (tertiary/aromatic N) is 2. The van der Waals surface area contributed by atoms with Gasteiger partial charge >= 0.3 is 0 Å². The normalized spacial score (nSPS) is 16.2. The molecule has 0 aliphatic carbocycles. The Morgan fingerprint density at radius 3 is 2.24 bits per heavy atom. The summed E-state index contributed by atoms with van der Waals surface area (Å²) in [6.45, 7) is 6.38. The van der Waals surface area contributed by atoms with Crippen LogP contribution in [0.15, 0.2) is 41.3 Å². The summed E-state index contributed by atoms with van der Waals surface area (Å²) in [5, 5.41) is 0.595. The second kappa shape index (κ2) is 7.16. The van der Waals surface area contributed by atoms with Gasteiger partial charge in [-0.05, 0) is 49.2 Å². The molecule has 0 bridgehead atoms. The van der Waals surface area contributed by atoms with Crippen LogP contribution in [0.1, 0.15) is 11.1 Å². The highest BCUT2D eigenvalue weighted by Crippen LogP contribution is 2.28. The van der Waals surface area contributed by atoms with Crippen molar-refractivity contribution >= 4 is 38.9 Å². The third kappa shape index (κ3) is 3.65. The third-order valence-electron chi connectivity index (χ3n) is 4.68. The third-order valence-corrected chi connectivity index (χ3v) is 7.32. The van der Waals surface area contributed by atoms with Gasteiger partial charge in [0.05, 0.1) is 14.9 Å². The summed E-state index contributed by atoms with van der Waals surface area (Å²) in [5.74, 6) is 0. The molecule has 2 aromatic rings. The Labute approximate surface area is 159 Å². The zero-order chi connectivity index (χ0) is 18.2. The van der Waals surface area contributed by atoms with Gasteiger partial charge in [0.25, 0.3) is 0 Å². The fourth-order valence-corrected chi connectivity index (χ4v) is 4.85. The van der Waals surface area contributed by atoms with Crippen molar-refractivity contribution < 1.29 is 8.42 Å². The largest absolute Gasteiger partial charge is 0.369 e. The van der Waals surface area contributed by atoms with Crippen LogP contribution >= 0.6 is 23.2 Å². The average molecular weight is 399 g/mol. The zero-order valence-electron chi connectivity index (χ0n) is 14.2. The van der Waals surface area contributed by atoms with Crippen molar-refractivity contribution in [1.29, 1.82) is 0 Å². The molecular formula is C18H20Cl2N2O2S. The maximum absolute atomic E-state index is 12.8. The lowest BCUT2D eigenvalue weighted by Crippen LogP contribution is -2.48. The molecule has 1 heterocycles. The van der Waals surface area contributed by atoms with Crippen LogP contribution in [-0.2, 0) is 10.0 Å². The highest BCUT2D eigenvalue weighted by molar-refractivity contribution is 7.89. The molecule has 0 saturated carbocycles. The van der Waals surface area contributed by atoms with Gasteiger partial charge in [-0.3, -0.25) is 0 Å². The van der Waals surface area contributed by atoms with Gasteiger partial charge in [0.1, 0.15) is 0 Å². The Balaban J connectivity index is 1.77. The molecule has 3 rings (SSSR count). The van der Waals surface area contributed by atoms with E-state index in [2.05, 4.69) is 30.9 Å². The summed E-state index contributed by atoms with van der Waals surface area (Å²) in [4.78, 5) is 2.42. The van der Waals surface area contributed by atoms with Crippen molar-refractivity contribution in [1.82, 2.24) is 4.31 Å². The molecule has 2 aromatic carbocycles. The van der Waals surface area contributed by atoms with Gasteiger partial charge in [0.2, 0.25) is 10.0 Å². The van der Waals surface area contributed by atoms with E-state index in [-0.39, 0.29) is 9.92 Å². The fraction of sp³-hybridized carbons (Fsp3) is 0.333. The molecular weight excluding hydrogens is 379 g/mol. The van der Waals surface area contributed by atoms with E-state index < -0.39 is 10.0 Å². The van der Waals surface area contributed by atoms with E-state index in [4.69, 9.17) is 23.2 Å². The molecule has 7 heteroatoms. The SMILES string of the molecule is Cc1cccc(N2CCN(S(=O)(=O)c3ccc(Cl)c(Cl)c3)CC2)c1C. The van der Waals surface area contributed by atoms with E-state index in [1.165, 1.54) is 39.3 Å². The van der Waals surface area contributed by atoms with Crippen LogP contribution in [-0.4, -0.2) is 38.9 Å². The molecule has 0 atom stereocenters. The van der Waals surface area contributed by atoms with E-state index in [0.717, 1.165) is 0 Å². The second-order valence-electron chi connectivity index (χ2n) is 6.19. The van der Waals surface area contributed by atoms with Gasteiger partial charge in [-0.1, -0.05) is 35.3 Å². The summed E-state index contributed by atoms with van der Waals surface area (Å²) in [7, 11) is -3.56. The molecule has 0 radical (unpaired) electrons. The summed E-state index contributed by atoms with van der Waals surface area (Å²) in [6, 6.07) is 10.6. The number of piperazine rings is 1. The molecule has 1 aliphatic rings. The molecule has 4 nitrogen and oxygen atoms in total. The first-order chi connectivity index (χ1) is 11.8. The smallest absolute Gasteiger partial charge is 0.243 e. The Hall–Kier alpha value is -1.27. The predicted molar refractivity (Wildman–Crippen MR) is 103 cm³/mol. The van der Waals surface area contributed by atoms with E-state index in [1.54, 1.807) is 0 Å². The summed E-state index contributed by atoms with van der Waals surface area (Å²) in [6.07, 6.45) is 0. The summed E-state index contributed by atoms with van der Waals surface area (Å²) in [5.41, 5.74) is 3.65. The lowest BCUT2D eigenvalue weighted by Gasteiger charge is -2.36. The van der Waals surface area contributed by atoms with Crippen molar-refractivity contribution in [3.8, 4) is 0 Å². The minimum absolute atomic E-state index is 0.182. The van der Waals surface area contributed by atoms with E-state index in [0.29, 0.717) is 31.2 Å². The number of hydrogen-bond acceptors (Lipinski definition) is 3. The summed E-state index contributed by atoms with van der Waals surface area (Å²) < 4.78 is 27.1. The van der Waals surface area contributed by atoms with Gasteiger partial charge in [-0.25, -0.2) is 8.42 Å². The standard InChI is InChI=1S/C18H20Cl2N2O2S/c1-13-4-3-5-18(14(13)2)21-8-10-22(11-9-21)25(23,24)15-6-7-16(19)17(20)12-15/h3-7,12H,8-11H2,1-2H3. The first-order valence-corrected chi connectivity index (χ1v) is 10.3. The Morgan fingerprint density at radius 2 is 1.60 bits per heavy atom. The summed E-state index contributed by atoms with van der Waals surface area (Å²) >= 11 is 11.9. The number of sulfonamides is 1. The van der Waals surface area contributed by atoms with Gasteiger partial charge in [-0.2, -0.15) is 4.31 Å². The Kier molecular flexibility index (Phi) is 5.30. The Bertz CT molecular complexity index is 892. The van der Waals surface area contributed by atoms with Crippen LogP contribution < -0.4 is 4.90 Å². The predicted octanol–water partition coefficient (Wildman–Crippen LogP) is 4.12. The number of halogens is 2. The highest BCUT2D eigenvalue weighted by atomic mass is 35.5. The molecule has 1 fully saturated rings. The van der Waals surface area contributed by atoms with Gasteiger partial charge in [0, 0.05) is 31.9 Å². The van der Waals surface area contributed by atoms with Gasteiger partial charge in [-0.15, -0.1) is 0 Å². The molecule has 1 saturated heterocycles. The molecule has 25 heavy (non-hydrogen) atoms. The van der Waals surface area contributed by atoms with E-state index >= 15 is 0 Å². The van der Waals surface area contributed by atoms with Crippen LogP contribution in [0.4, 0.5) is 5.69 Å². The minimum Gasteiger partial charge on any atom is -0.369 e. The molecule has 0 amide bonds. The van der Waals surface area contributed by atoms with Crippen molar-refractivity contribution in [2.75, 3.05) is 31.1 Å². The monoisotopic (exact) mass is 398 g/mol. The number of aryl methyl sites for hydroxylation is 1. The Morgan fingerprint density at radius 1 is 0.920 bits per heavy atom. The first-order valence-electron chi connectivity index (χ1n) is 8.07.